The third kappa shape index (κ3) is 2.87. The summed E-state index contributed by atoms with van der Waals surface area (Å²) in [6.45, 7) is 0.358. The van der Waals surface area contributed by atoms with Gasteiger partial charge < -0.3 is 9.64 Å². The van der Waals surface area contributed by atoms with Gasteiger partial charge in [0.1, 0.15) is 23.2 Å². The lowest BCUT2D eigenvalue weighted by Gasteiger charge is -2.24. The molecule has 124 valence electrons. The Bertz CT molecular complexity index is 810. The maximum absolute atomic E-state index is 14.4. The number of hydrogen-bond donors (Lipinski definition) is 0. The van der Waals surface area contributed by atoms with Gasteiger partial charge in [0.2, 0.25) is 0 Å². The van der Waals surface area contributed by atoms with Crippen LogP contribution in [0, 0.1) is 17.5 Å². The van der Waals surface area contributed by atoms with Gasteiger partial charge in [-0.25, -0.2) is 13.2 Å². The Morgan fingerprint density at radius 3 is 2.33 bits per heavy atom. The van der Waals surface area contributed by atoms with Crippen LogP contribution in [0.2, 0.25) is 0 Å². The van der Waals surface area contributed by atoms with Gasteiger partial charge in [-0.3, -0.25) is 4.79 Å². The molecule has 0 fully saturated rings. The van der Waals surface area contributed by atoms with Gasteiger partial charge in [-0.1, -0.05) is 12.1 Å². The average Bonchev–Trinajstić information content (AvgIpc) is 2.55. The molecule has 6 heteroatoms. The molecule has 3 nitrogen and oxygen atoms in total. The Balaban J connectivity index is 2.02. The fraction of sp³-hybridized carbons (Fsp3) is 0.167. The standard InChI is InChI=1S/C18H14F3NO2/c1-24-12-9-14(20)18(15(21)10-12)11-5-6-16(13(19)8-11)22-7-3-2-4-17(22)23/h2,4-6,8-10H,3,7H2,1H3. The number of ether oxygens (including phenoxy) is 1. The van der Waals surface area contributed by atoms with Gasteiger partial charge >= 0.3 is 0 Å². The highest BCUT2D eigenvalue weighted by molar-refractivity contribution is 6.02. The zero-order valence-corrected chi connectivity index (χ0v) is 12.9. The number of carbonyl (C=O) groups excluding carboxylic acids is 1. The fourth-order valence-corrected chi connectivity index (χ4v) is 2.65. The predicted octanol–water partition coefficient (Wildman–Crippen LogP) is 4.07. The zero-order valence-electron chi connectivity index (χ0n) is 12.9. The van der Waals surface area contributed by atoms with Crippen molar-refractivity contribution >= 4 is 11.6 Å². The minimum absolute atomic E-state index is 0.0385. The quantitative estimate of drug-likeness (QED) is 0.847. The molecule has 0 atom stereocenters. The third-order valence-electron chi connectivity index (χ3n) is 3.82. The summed E-state index contributed by atoms with van der Waals surface area (Å²) < 4.78 is 47.4. The van der Waals surface area contributed by atoms with E-state index in [0.29, 0.717) is 13.0 Å². The molecule has 1 aliphatic rings. The van der Waals surface area contributed by atoms with E-state index in [1.807, 2.05) is 0 Å². The van der Waals surface area contributed by atoms with Crippen LogP contribution < -0.4 is 9.64 Å². The summed E-state index contributed by atoms with van der Waals surface area (Å²) in [6, 6.07) is 5.82. The molecule has 1 aliphatic heterocycles. The smallest absolute Gasteiger partial charge is 0.250 e. The Morgan fingerprint density at radius 1 is 1.04 bits per heavy atom. The second-order valence-electron chi connectivity index (χ2n) is 5.31. The first-order chi connectivity index (χ1) is 11.5. The van der Waals surface area contributed by atoms with E-state index in [2.05, 4.69) is 0 Å². The van der Waals surface area contributed by atoms with Gasteiger partial charge in [-0.05, 0) is 30.2 Å². The number of halogens is 3. The normalized spacial score (nSPS) is 14.2. The molecule has 1 heterocycles. The van der Waals surface area contributed by atoms with Crippen LogP contribution in [0.15, 0.2) is 42.5 Å². The number of amides is 1. The second kappa shape index (κ2) is 6.39. The van der Waals surface area contributed by atoms with E-state index in [-0.39, 0.29) is 28.5 Å². The van der Waals surface area contributed by atoms with Crippen molar-refractivity contribution in [3.05, 3.63) is 59.9 Å². The van der Waals surface area contributed by atoms with Crippen LogP contribution in [0.5, 0.6) is 5.75 Å². The molecule has 0 N–H and O–H groups in total. The summed E-state index contributed by atoms with van der Waals surface area (Å²) in [4.78, 5) is 13.1. The molecule has 0 spiro atoms. The second-order valence-corrected chi connectivity index (χ2v) is 5.31. The molecule has 0 bridgehead atoms. The van der Waals surface area contributed by atoms with E-state index in [1.165, 1.54) is 30.2 Å². The number of hydrogen-bond acceptors (Lipinski definition) is 2. The number of rotatable bonds is 3. The van der Waals surface area contributed by atoms with Crippen LogP contribution >= 0.6 is 0 Å². The van der Waals surface area contributed by atoms with Crippen molar-refractivity contribution in [2.24, 2.45) is 0 Å². The van der Waals surface area contributed by atoms with Crippen LogP contribution in [-0.2, 0) is 4.79 Å². The van der Waals surface area contributed by atoms with Crippen LogP contribution in [0.4, 0.5) is 18.9 Å². The highest BCUT2D eigenvalue weighted by atomic mass is 19.1. The number of anilines is 1. The summed E-state index contributed by atoms with van der Waals surface area (Å²) in [5, 5.41) is 0. The van der Waals surface area contributed by atoms with Gasteiger partial charge in [-0.15, -0.1) is 0 Å². The molecule has 0 saturated carbocycles. The van der Waals surface area contributed by atoms with Gasteiger partial charge in [0.05, 0.1) is 18.4 Å². The van der Waals surface area contributed by atoms with Gasteiger partial charge in [0.15, 0.2) is 0 Å². The van der Waals surface area contributed by atoms with Gasteiger partial charge in [0, 0.05) is 18.7 Å². The van der Waals surface area contributed by atoms with Crippen LogP contribution in [-0.4, -0.2) is 19.6 Å². The summed E-state index contributed by atoms with van der Waals surface area (Å²) in [7, 11) is 1.30. The molecule has 0 saturated heterocycles. The van der Waals surface area contributed by atoms with Crippen LogP contribution in [0.25, 0.3) is 11.1 Å². The SMILES string of the molecule is COc1cc(F)c(-c2ccc(N3CCC=CC3=O)c(F)c2)c(F)c1. The van der Waals surface area contributed by atoms with E-state index >= 15 is 0 Å². The first-order valence-electron chi connectivity index (χ1n) is 7.32. The third-order valence-corrected chi connectivity index (χ3v) is 3.82. The van der Waals surface area contributed by atoms with Crippen molar-refractivity contribution in [3.8, 4) is 16.9 Å². The maximum atomic E-state index is 14.4. The first kappa shape index (κ1) is 16.1. The molecule has 0 aromatic heterocycles. The van der Waals surface area contributed by atoms with Gasteiger partial charge in [-0.2, -0.15) is 0 Å². The lowest BCUT2D eigenvalue weighted by molar-refractivity contribution is -0.114. The summed E-state index contributed by atoms with van der Waals surface area (Å²) in [5.41, 5.74) is -0.206. The first-order valence-corrected chi connectivity index (χ1v) is 7.32. The van der Waals surface area contributed by atoms with Crippen molar-refractivity contribution in [3.63, 3.8) is 0 Å². The fourth-order valence-electron chi connectivity index (χ4n) is 2.65. The molecule has 2 aromatic carbocycles. The predicted molar refractivity (Wildman–Crippen MR) is 84.4 cm³/mol. The van der Waals surface area contributed by atoms with Crippen LogP contribution in [0.3, 0.4) is 0 Å². The minimum Gasteiger partial charge on any atom is -0.497 e. The van der Waals surface area contributed by atoms with E-state index in [1.54, 1.807) is 6.08 Å². The minimum atomic E-state index is -0.851. The van der Waals surface area contributed by atoms with Crippen molar-refractivity contribution in [2.45, 2.75) is 6.42 Å². The number of benzene rings is 2. The number of carbonyl (C=O) groups is 1. The molecule has 1 amide bonds. The Kier molecular flexibility index (Phi) is 4.29. The lowest BCUT2D eigenvalue weighted by atomic mass is 10.0. The van der Waals surface area contributed by atoms with Crippen molar-refractivity contribution < 1.29 is 22.7 Å². The van der Waals surface area contributed by atoms with E-state index in [4.69, 9.17) is 4.74 Å². The molecule has 2 aromatic rings. The molecule has 24 heavy (non-hydrogen) atoms. The molecular formula is C18H14F3NO2. The number of nitrogens with zero attached hydrogens (tertiary/aromatic N) is 1. The molecular weight excluding hydrogens is 319 g/mol. The molecule has 0 radical (unpaired) electrons. The van der Waals surface area contributed by atoms with Gasteiger partial charge in [0.25, 0.3) is 5.91 Å². The largest absolute Gasteiger partial charge is 0.497 e. The van der Waals surface area contributed by atoms with Crippen molar-refractivity contribution in [2.75, 3.05) is 18.6 Å². The van der Waals surface area contributed by atoms with E-state index in [9.17, 15) is 18.0 Å². The Labute approximate surface area is 137 Å². The summed E-state index contributed by atoms with van der Waals surface area (Å²) in [5.74, 6) is -2.70. The number of methoxy groups -OCH3 is 1. The summed E-state index contributed by atoms with van der Waals surface area (Å²) in [6.07, 6.45) is 3.71. The Hall–Kier alpha value is -2.76. The maximum Gasteiger partial charge on any atom is 0.250 e. The highest BCUT2D eigenvalue weighted by Gasteiger charge is 2.21. The monoisotopic (exact) mass is 333 g/mol. The topological polar surface area (TPSA) is 29.5 Å². The van der Waals surface area contributed by atoms with Crippen molar-refractivity contribution in [1.82, 2.24) is 0 Å². The zero-order chi connectivity index (χ0) is 17.3. The van der Waals surface area contributed by atoms with E-state index < -0.39 is 17.5 Å². The highest BCUT2D eigenvalue weighted by Crippen LogP contribution is 2.33. The Morgan fingerprint density at radius 2 is 1.75 bits per heavy atom. The van der Waals surface area contributed by atoms with E-state index in [0.717, 1.165) is 18.2 Å². The van der Waals surface area contributed by atoms with Crippen molar-refractivity contribution in [1.29, 1.82) is 0 Å². The summed E-state index contributed by atoms with van der Waals surface area (Å²) >= 11 is 0. The van der Waals surface area contributed by atoms with Crippen LogP contribution in [0.1, 0.15) is 6.42 Å². The lowest BCUT2D eigenvalue weighted by Crippen LogP contribution is -2.33. The average molecular weight is 333 g/mol. The molecule has 3 rings (SSSR count). The molecule has 0 aliphatic carbocycles. The molecule has 0 unspecified atom stereocenters.